The molecule has 1 heterocycles. The van der Waals surface area contributed by atoms with Gasteiger partial charge in [-0.1, -0.05) is 34.1 Å². The van der Waals surface area contributed by atoms with Crippen molar-refractivity contribution in [3.63, 3.8) is 0 Å². The Hall–Kier alpha value is -0.710. The van der Waals surface area contributed by atoms with Crippen LogP contribution in [-0.4, -0.2) is 11.8 Å². The van der Waals surface area contributed by atoms with E-state index in [1.54, 1.807) is 0 Å². The summed E-state index contributed by atoms with van der Waals surface area (Å²) in [6, 6.07) is 8.51. The molecule has 1 aliphatic carbocycles. The molecule has 90 valence electrons. The zero-order valence-corrected chi connectivity index (χ0v) is 11.0. The summed E-state index contributed by atoms with van der Waals surface area (Å²) in [6.07, 6.45) is 2.83. The number of fused-ring (bicyclic) bond motifs is 1. The van der Waals surface area contributed by atoms with E-state index in [4.69, 9.17) is 0 Å². The SMILES string of the molecule is O=C1CCCC2NNC(c3ccccc3Br)C12. The Morgan fingerprint density at radius 2 is 2.06 bits per heavy atom. The molecule has 1 aliphatic heterocycles. The number of ketones is 1. The van der Waals surface area contributed by atoms with E-state index in [1.807, 2.05) is 18.2 Å². The van der Waals surface area contributed by atoms with Crippen molar-refractivity contribution in [1.29, 1.82) is 0 Å². The fourth-order valence-corrected chi connectivity index (χ4v) is 3.46. The Morgan fingerprint density at radius 3 is 2.88 bits per heavy atom. The molecule has 0 spiro atoms. The van der Waals surface area contributed by atoms with Crippen LogP contribution >= 0.6 is 15.9 Å². The minimum Gasteiger partial charge on any atom is -0.299 e. The zero-order valence-electron chi connectivity index (χ0n) is 9.45. The summed E-state index contributed by atoms with van der Waals surface area (Å²) in [4.78, 5) is 12.1. The minimum atomic E-state index is 0.0856. The molecular weight excluding hydrogens is 280 g/mol. The third kappa shape index (κ3) is 1.94. The molecule has 2 aliphatic rings. The van der Waals surface area contributed by atoms with Crippen LogP contribution in [0.2, 0.25) is 0 Å². The highest BCUT2D eigenvalue weighted by Crippen LogP contribution is 2.38. The maximum absolute atomic E-state index is 12.1. The third-order valence-electron chi connectivity index (χ3n) is 3.77. The van der Waals surface area contributed by atoms with Crippen LogP contribution in [0.4, 0.5) is 0 Å². The Morgan fingerprint density at radius 1 is 1.24 bits per heavy atom. The summed E-state index contributed by atoms with van der Waals surface area (Å²) in [7, 11) is 0. The fraction of sp³-hybridized carbons (Fsp3) is 0.462. The molecule has 1 saturated carbocycles. The van der Waals surface area contributed by atoms with Crippen LogP contribution in [0.5, 0.6) is 0 Å². The number of benzene rings is 1. The van der Waals surface area contributed by atoms with Crippen LogP contribution in [0.3, 0.4) is 0 Å². The molecule has 1 saturated heterocycles. The van der Waals surface area contributed by atoms with Gasteiger partial charge in [0.1, 0.15) is 5.78 Å². The zero-order chi connectivity index (χ0) is 11.8. The lowest BCUT2D eigenvalue weighted by atomic mass is 9.78. The topological polar surface area (TPSA) is 41.1 Å². The first-order valence-electron chi connectivity index (χ1n) is 6.05. The predicted octanol–water partition coefficient (Wildman–Crippen LogP) is 2.34. The number of carbonyl (C=O) groups excluding carboxylic acids is 1. The van der Waals surface area contributed by atoms with Crippen molar-refractivity contribution in [1.82, 2.24) is 10.9 Å². The third-order valence-corrected chi connectivity index (χ3v) is 4.49. The summed E-state index contributed by atoms with van der Waals surface area (Å²) >= 11 is 3.56. The van der Waals surface area contributed by atoms with Gasteiger partial charge in [-0.2, -0.15) is 0 Å². The summed E-state index contributed by atoms with van der Waals surface area (Å²) in [5.74, 6) is 0.474. The predicted molar refractivity (Wildman–Crippen MR) is 69.3 cm³/mol. The second-order valence-corrected chi connectivity index (χ2v) is 5.63. The Labute approximate surface area is 109 Å². The molecular formula is C13H15BrN2O. The molecule has 4 heteroatoms. The van der Waals surface area contributed by atoms with Gasteiger partial charge in [-0.3, -0.25) is 10.2 Å². The number of halogens is 1. The molecule has 2 fully saturated rings. The van der Waals surface area contributed by atoms with Crippen LogP contribution in [0, 0.1) is 5.92 Å². The van der Waals surface area contributed by atoms with E-state index >= 15 is 0 Å². The molecule has 0 aromatic heterocycles. The molecule has 1 aromatic rings. The Balaban J connectivity index is 1.94. The summed E-state index contributed by atoms with van der Waals surface area (Å²) in [5, 5.41) is 0. The lowest BCUT2D eigenvalue weighted by Crippen LogP contribution is -2.36. The van der Waals surface area contributed by atoms with E-state index in [0.29, 0.717) is 11.8 Å². The van der Waals surface area contributed by atoms with Crippen molar-refractivity contribution in [3.8, 4) is 0 Å². The van der Waals surface area contributed by atoms with Gasteiger partial charge in [-0.15, -0.1) is 0 Å². The molecule has 3 rings (SSSR count). The van der Waals surface area contributed by atoms with E-state index in [2.05, 4.69) is 32.8 Å². The lowest BCUT2D eigenvalue weighted by Gasteiger charge is -2.26. The molecule has 3 nitrogen and oxygen atoms in total. The second-order valence-electron chi connectivity index (χ2n) is 4.78. The molecule has 3 unspecified atom stereocenters. The van der Waals surface area contributed by atoms with E-state index in [0.717, 1.165) is 23.7 Å². The van der Waals surface area contributed by atoms with E-state index < -0.39 is 0 Å². The number of hydrogen-bond donors (Lipinski definition) is 2. The molecule has 0 radical (unpaired) electrons. The van der Waals surface area contributed by atoms with Crippen molar-refractivity contribution in [3.05, 3.63) is 34.3 Å². The van der Waals surface area contributed by atoms with Crippen LogP contribution in [0.1, 0.15) is 30.9 Å². The first kappa shape index (κ1) is 11.4. The van der Waals surface area contributed by atoms with Gasteiger partial charge in [0.2, 0.25) is 0 Å². The van der Waals surface area contributed by atoms with Gasteiger partial charge >= 0.3 is 0 Å². The van der Waals surface area contributed by atoms with Gasteiger partial charge in [0, 0.05) is 16.9 Å². The Kier molecular flexibility index (Phi) is 3.03. The summed E-state index contributed by atoms with van der Waals surface area (Å²) in [6.45, 7) is 0. The van der Waals surface area contributed by atoms with Crippen LogP contribution in [-0.2, 0) is 4.79 Å². The van der Waals surface area contributed by atoms with Crippen LogP contribution in [0.15, 0.2) is 28.7 Å². The van der Waals surface area contributed by atoms with Crippen molar-refractivity contribution < 1.29 is 4.79 Å². The Bertz CT molecular complexity index is 449. The molecule has 0 amide bonds. The lowest BCUT2D eigenvalue weighted by molar-refractivity contribution is -0.125. The van der Waals surface area contributed by atoms with Gasteiger partial charge in [0.05, 0.1) is 12.0 Å². The van der Waals surface area contributed by atoms with E-state index in [9.17, 15) is 4.79 Å². The average molecular weight is 295 g/mol. The molecule has 0 bridgehead atoms. The van der Waals surface area contributed by atoms with Gasteiger partial charge in [-0.25, -0.2) is 5.43 Å². The molecule has 17 heavy (non-hydrogen) atoms. The van der Waals surface area contributed by atoms with Gasteiger partial charge in [0.25, 0.3) is 0 Å². The highest BCUT2D eigenvalue weighted by molar-refractivity contribution is 9.10. The first-order valence-corrected chi connectivity index (χ1v) is 6.85. The quantitative estimate of drug-likeness (QED) is 0.835. The average Bonchev–Trinajstić information content (AvgIpc) is 2.75. The normalized spacial score (nSPS) is 32.5. The van der Waals surface area contributed by atoms with Crippen LogP contribution < -0.4 is 10.9 Å². The number of nitrogens with one attached hydrogen (secondary N) is 2. The van der Waals surface area contributed by atoms with E-state index in [1.165, 1.54) is 5.56 Å². The first-order chi connectivity index (χ1) is 8.27. The van der Waals surface area contributed by atoms with Gasteiger partial charge < -0.3 is 0 Å². The number of carbonyl (C=O) groups is 1. The van der Waals surface area contributed by atoms with Crippen molar-refractivity contribution in [2.75, 3.05) is 0 Å². The maximum Gasteiger partial charge on any atom is 0.139 e. The van der Waals surface area contributed by atoms with E-state index in [-0.39, 0.29) is 12.0 Å². The standard InChI is InChI=1S/C13H15BrN2O/c14-9-5-2-1-4-8(9)13-12-10(15-16-13)6-3-7-11(12)17/h1-2,4-5,10,12-13,15-16H,3,6-7H2. The second kappa shape index (κ2) is 4.52. The molecule has 2 N–H and O–H groups in total. The maximum atomic E-state index is 12.1. The highest BCUT2D eigenvalue weighted by atomic mass is 79.9. The number of hydrogen-bond acceptors (Lipinski definition) is 3. The smallest absolute Gasteiger partial charge is 0.139 e. The van der Waals surface area contributed by atoms with Gasteiger partial charge in [-0.05, 0) is 24.5 Å². The fourth-order valence-electron chi connectivity index (χ4n) is 2.93. The monoisotopic (exact) mass is 294 g/mol. The number of hydrazine groups is 1. The number of Topliss-reactive ketones (excluding diaryl/α,β-unsaturated/α-hetero) is 1. The summed E-state index contributed by atoms with van der Waals surface area (Å²) in [5.41, 5.74) is 7.73. The van der Waals surface area contributed by atoms with Crippen molar-refractivity contribution in [2.24, 2.45) is 5.92 Å². The largest absolute Gasteiger partial charge is 0.299 e. The van der Waals surface area contributed by atoms with Crippen molar-refractivity contribution >= 4 is 21.7 Å². The molecule has 1 aromatic carbocycles. The van der Waals surface area contributed by atoms with Crippen molar-refractivity contribution in [2.45, 2.75) is 31.3 Å². The van der Waals surface area contributed by atoms with Gasteiger partial charge in [0.15, 0.2) is 0 Å². The summed E-state index contributed by atoms with van der Waals surface area (Å²) < 4.78 is 1.07. The van der Waals surface area contributed by atoms with Crippen LogP contribution in [0.25, 0.3) is 0 Å². The molecule has 3 atom stereocenters. The number of rotatable bonds is 1. The minimum absolute atomic E-state index is 0.0856. The highest BCUT2D eigenvalue weighted by Gasteiger charge is 2.43.